The summed E-state index contributed by atoms with van der Waals surface area (Å²) in [7, 11) is 0. The molecular weight excluding hydrogens is 280 g/mol. The largest absolute Gasteiger partial charge is 0.396 e. The summed E-state index contributed by atoms with van der Waals surface area (Å²) in [5.74, 6) is 0.502. The summed E-state index contributed by atoms with van der Waals surface area (Å²) in [5, 5.41) is 28.1. The Labute approximate surface area is 137 Å². The van der Waals surface area contributed by atoms with E-state index in [1.54, 1.807) is 0 Å². The van der Waals surface area contributed by atoms with Gasteiger partial charge >= 0.3 is 0 Å². The van der Waals surface area contributed by atoms with Crippen LogP contribution in [0.2, 0.25) is 0 Å². The zero-order valence-electron chi connectivity index (χ0n) is 16.2. The molecule has 0 aliphatic heterocycles. The predicted octanol–water partition coefficient (Wildman–Crippen LogP) is 3.09. The van der Waals surface area contributed by atoms with Crippen LogP contribution in [-0.4, -0.2) is 47.3 Å². The Hall–Kier alpha value is -0.160. The lowest BCUT2D eigenvalue weighted by molar-refractivity contribution is -0.0420. The number of hydrogen-bond acceptors (Lipinski definition) is 4. The summed E-state index contributed by atoms with van der Waals surface area (Å²) in [4.78, 5) is 0. The van der Waals surface area contributed by atoms with E-state index in [4.69, 9.17) is 9.84 Å². The van der Waals surface area contributed by atoms with Gasteiger partial charge in [0.05, 0.1) is 25.4 Å². The first-order chi connectivity index (χ1) is 9.83. The van der Waals surface area contributed by atoms with Crippen molar-refractivity contribution < 1.29 is 20.1 Å². The van der Waals surface area contributed by atoms with E-state index in [1.807, 2.05) is 62.3 Å². The van der Waals surface area contributed by atoms with Crippen molar-refractivity contribution in [2.45, 2.75) is 74.5 Å². The Morgan fingerprint density at radius 1 is 0.818 bits per heavy atom. The van der Waals surface area contributed by atoms with Gasteiger partial charge in [-0.05, 0) is 18.8 Å². The van der Waals surface area contributed by atoms with Crippen molar-refractivity contribution in [2.75, 3.05) is 19.8 Å². The lowest BCUT2D eigenvalue weighted by Gasteiger charge is -2.32. The van der Waals surface area contributed by atoms with E-state index >= 15 is 0 Å². The second-order valence-electron chi connectivity index (χ2n) is 8.15. The molecule has 0 rings (SSSR count). The molecule has 2 unspecified atom stereocenters. The van der Waals surface area contributed by atoms with Crippen molar-refractivity contribution in [2.24, 2.45) is 22.7 Å². The summed E-state index contributed by atoms with van der Waals surface area (Å²) < 4.78 is 5.31. The molecule has 0 saturated carbocycles. The highest BCUT2D eigenvalue weighted by Gasteiger charge is 2.30. The maximum absolute atomic E-state index is 9.80. The molecule has 2 atom stereocenters. The number of hydrogen-bond donors (Lipinski definition) is 3. The van der Waals surface area contributed by atoms with Gasteiger partial charge in [0, 0.05) is 17.4 Å². The van der Waals surface area contributed by atoms with Gasteiger partial charge in [-0.15, -0.1) is 0 Å². The Balaban J connectivity index is 0. The first-order valence-electron chi connectivity index (χ1n) is 8.38. The fourth-order valence-electron chi connectivity index (χ4n) is 2.35. The SMILES string of the molecule is CC(C)C(O)C(C)(C)CO.CCOCC(C)(C)C(O)C(C)C. The zero-order chi connectivity index (χ0) is 18.1. The maximum Gasteiger partial charge on any atom is 0.0636 e. The minimum absolute atomic E-state index is 0.0341. The minimum atomic E-state index is -0.419. The first-order valence-corrected chi connectivity index (χ1v) is 8.38. The smallest absolute Gasteiger partial charge is 0.0636 e. The molecule has 22 heavy (non-hydrogen) atoms. The molecule has 0 heterocycles. The third-order valence-electron chi connectivity index (χ3n) is 3.95. The van der Waals surface area contributed by atoms with E-state index in [9.17, 15) is 10.2 Å². The van der Waals surface area contributed by atoms with E-state index in [0.29, 0.717) is 19.1 Å². The molecule has 0 aromatic heterocycles. The number of aliphatic hydroxyl groups excluding tert-OH is 3. The molecule has 0 spiro atoms. The molecule has 4 heteroatoms. The molecule has 0 radical (unpaired) electrons. The van der Waals surface area contributed by atoms with E-state index < -0.39 is 6.10 Å². The van der Waals surface area contributed by atoms with Crippen LogP contribution in [0.15, 0.2) is 0 Å². The van der Waals surface area contributed by atoms with Crippen LogP contribution in [0.1, 0.15) is 62.3 Å². The molecule has 0 saturated heterocycles. The minimum Gasteiger partial charge on any atom is -0.396 e. The van der Waals surface area contributed by atoms with E-state index in [2.05, 4.69) is 0 Å². The van der Waals surface area contributed by atoms with Gasteiger partial charge < -0.3 is 20.1 Å². The fourth-order valence-corrected chi connectivity index (χ4v) is 2.35. The second-order valence-corrected chi connectivity index (χ2v) is 8.15. The predicted molar refractivity (Wildman–Crippen MR) is 92.8 cm³/mol. The molecule has 0 aromatic carbocycles. The fraction of sp³-hybridized carbons (Fsp3) is 1.00. The van der Waals surface area contributed by atoms with Crippen molar-refractivity contribution in [3.05, 3.63) is 0 Å². The number of ether oxygens (including phenoxy) is 1. The van der Waals surface area contributed by atoms with Gasteiger partial charge in [-0.25, -0.2) is 0 Å². The maximum atomic E-state index is 9.80. The van der Waals surface area contributed by atoms with Gasteiger partial charge in [-0.3, -0.25) is 0 Å². The standard InChI is InChI=1S/C10H22O2.C8H18O2/c1-6-12-7-10(4,5)9(11)8(2)3;1-6(2)7(10)8(3,4)5-9/h8-9,11H,6-7H2,1-5H3;6-7,9-10H,5H2,1-4H3. The van der Waals surface area contributed by atoms with Crippen LogP contribution >= 0.6 is 0 Å². The summed E-state index contributed by atoms with van der Waals surface area (Å²) in [6.45, 7) is 19.1. The highest BCUT2D eigenvalue weighted by atomic mass is 16.5. The molecule has 136 valence electrons. The van der Waals surface area contributed by atoms with Crippen molar-refractivity contribution in [1.82, 2.24) is 0 Å². The lowest BCUT2D eigenvalue weighted by atomic mass is 9.81. The van der Waals surface area contributed by atoms with Crippen molar-refractivity contribution in [3.8, 4) is 0 Å². The number of rotatable bonds is 8. The summed E-state index contributed by atoms with van der Waals surface area (Å²) in [6.07, 6.45) is -0.707. The average Bonchev–Trinajstić information content (AvgIpc) is 2.43. The summed E-state index contributed by atoms with van der Waals surface area (Å²) in [5.41, 5.74) is -0.502. The summed E-state index contributed by atoms with van der Waals surface area (Å²) >= 11 is 0. The first kappa shape index (κ1) is 24.1. The van der Waals surface area contributed by atoms with E-state index in [-0.39, 0.29) is 29.5 Å². The van der Waals surface area contributed by atoms with Crippen LogP contribution < -0.4 is 0 Å². The van der Waals surface area contributed by atoms with Crippen molar-refractivity contribution in [3.63, 3.8) is 0 Å². The quantitative estimate of drug-likeness (QED) is 0.643. The topological polar surface area (TPSA) is 69.9 Å². The Morgan fingerprint density at radius 2 is 1.18 bits per heavy atom. The summed E-state index contributed by atoms with van der Waals surface area (Å²) in [6, 6.07) is 0. The monoisotopic (exact) mass is 320 g/mol. The Morgan fingerprint density at radius 3 is 1.41 bits per heavy atom. The van der Waals surface area contributed by atoms with Crippen LogP contribution in [0.5, 0.6) is 0 Å². The van der Waals surface area contributed by atoms with Crippen LogP contribution in [0, 0.1) is 22.7 Å². The van der Waals surface area contributed by atoms with Gasteiger partial charge in [-0.2, -0.15) is 0 Å². The van der Waals surface area contributed by atoms with Gasteiger partial charge in [0.25, 0.3) is 0 Å². The molecule has 0 amide bonds. The average molecular weight is 321 g/mol. The molecule has 0 bridgehead atoms. The van der Waals surface area contributed by atoms with Crippen LogP contribution in [0.3, 0.4) is 0 Å². The highest BCUT2D eigenvalue weighted by molar-refractivity contribution is 4.79. The van der Waals surface area contributed by atoms with Crippen molar-refractivity contribution in [1.29, 1.82) is 0 Å². The van der Waals surface area contributed by atoms with Gasteiger partial charge in [0.1, 0.15) is 0 Å². The van der Waals surface area contributed by atoms with Gasteiger partial charge in [0.2, 0.25) is 0 Å². The van der Waals surface area contributed by atoms with Crippen molar-refractivity contribution >= 4 is 0 Å². The van der Waals surface area contributed by atoms with Crippen LogP contribution in [-0.2, 0) is 4.74 Å². The second kappa shape index (κ2) is 10.6. The highest BCUT2D eigenvalue weighted by Crippen LogP contribution is 2.26. The molecule has 0 aliphatic rings. The van der Waals surface area contributed by atoms with Gasteiger partial charge in [0.15, 0.2) is 0 Å². The van der Waals surface area contributed by atoms with Gasteiger partial charge in [-0.1, -0.05) is 55.4 Å². The van der Waals surface area contributed by atoms with E-state index in [1.165, 1.54) is 0 Å². The molecule has 4 nitrogen and oxygen atoms in total. The lowest BCUT2D eigenvalue weighted by Crippen LogP contribution is -2.37. The third-order valence-corrected chi connectivity index (χ3v) is 3.95. The molecule has 0 aromatic rings. The third kappa shape index (κ3) is 9.09. The molecular formula is C18H40O4. The molecule has 3 N–H and O–H groups in total. The van der Waals surface area contributed by atoms with Crippen LogP contribution in [0.25, 0.3) is 0 Å². The molecule has 0 fully saturated rings. The Kier molecular flexibility index (Phi) is 11.6. The normalized spacial score (nSPS) is 15.5. The molecule has 0 aliphatic carbocycles. The van der Waals surface area contributed by atoms with E-state index in [0.717, 1.165) is 0 Å². The Bertz CT molecular complexity index is 272. The zero-order valence-corrected chi connectivity index (χ0v) is 16.2. The van der Waals surface area contributed by atoms with Crippen LogP contribution in [0.4, 0.5) is 0 Å². The number of aliphatic hydroxyl groups is 3.